The average Bonchev–Trinajstić information content (AvgIpc) is 3.61. The van der Waals surface area contributed by atoms with Gasteiger partial charge < -0.3 is 14.2 Å². The second-order valence-electron chi connectivity index (χ2n) is 14.4. The lowest BCUT2D eigenvalue weighted by molar-refractivity contribution is -0.215. The average molecular weight is 653 g/mol. The zero-order valence-electron chi connectivity index (χ0n) is 29.0. The minimum absolute atomic E-state index is 0.166. The van der Waals surface area contributed by atoms with Crippen molar-refractivity contribution in [2.75, 3.05) is 6.61 Å². The Morgan fingerprint density at radius 1 is 0.592 bits per heavy atom. The van der Waals surface area contributed by atoms with Crippen LogP contribution in [0, 0.1) is 0 Å². The first-order chi connectivity index (χ1) is 23.6. The monoisotopic (exact) mass is 652 g/mol. The van der Waals surface area contributed by atoms with Crippen LogP contribution in [0.3, 0.4) is 0 Å². The number of quaternary nitrogens is 1. The van der Waals surface area contributed by atoms with Crippen molar-refractivity contribution in [3.8, 4) is 0 Å². The number of ether oxygens (including phenoxy) is 3. The van der Waals surface area contributed by atoms with E-state index < -0.39 is 17.5 Å². The summed E-state index contributed by atoms with van der Waals surface area (Å²) in [5, 5.41) is 0. The molecule has 0 unspecified atom stereocenters. The van der Waals surface area contributed by atoms with Crippen LogP contribution in [0.2, 0.25) is 0 Å². The second-order valence-corrected chi connectivity index (χ2v) is 14.4. The molecule has 250 valence electrons. The maximum Gasteiger partial charge on any atom is 0.171 e. The van der Waals surface area contributed by atoms with Gasteiger partial charge >= 0.3 is 0 Å². The third kappa shape index (κ3) is 6.07. The Kier molecular flexibility index (Phi) is 8.91. The zero-order valence-corrected chi connectivity index (χ0v) is 29.0. The lowest BCUT2D eigenvalue weighted by Crippen LogP contribution is -2.60. The van der Waals surface area contributed by atoms with Crippen LogP contribution in [-0.4, -0.2) is 36.2 Å². The normalized spacial score (nSPS) is 20.5. The molecule has 3 atom stereocenters. The summed E-state index contributed by atoms with van der Waals surface area (Å²) >= 11 is 0. The molecule has 1 saturated heterocycles. The molecule has 0 bridgehead atoms. The number of para-hydroxylation sites is 2. The minimum atomic E-state index is -0.868. The lowest BCUT2D eigenvalue weighted by atomic mass is 9.80. The molecule has 0 saturated carbocycles. The van der Waals surface area contributed by atoms with Crippen molar-refractivity contribution in [2.45, 2.75) is 69.9 Å². The molecule has 0 amide bonds. The first-order valence-electron chi connectivity index (χ1n) is 17.2. The molecule has 1 heterocycles. The van der Waals surface area contributed by atoms with E-state index in [1.807, 2.05) is 44.2 Å². The molecule has 49 heavy (non-hydrogen) atoms. The zero-order chi connectivity index (χ0) is 34.1. The quantitative estimate of drug-likeness (QED) is 0.0652. The first-order valence-corrected chi connectivity index (χ1v) is 17.2. The highest BCUT2D eigenvalue weighted by molar-refractivity contribution is 5.58. The molecule has 2 aliphatic rings. The van der Waals surface area contributed by atoms with Crippen LogP contribution in [0.1, 0.15) is 51.3 Å². The van der Waals surface area contributed by atoms with Crippen LogP contribution in [0.5, 0.6) is 0 Å². The highest BCUT2D eigenvalue weighted by Gasteiger charge is 2.57. The summed E-state index contributed by atoms with van der Waals surface area (Å²) in [6.07, 6.45) is 1.06. The largest absolute Gasteiger partial charge is 0.356 e. The van der Waals surface area contributed by atoms with Crippen LogP contribution in [0.15, 0.2) is 163 Å². The van der Waals surface area contributed by atoms with Crippen molar-refractivity contribution in [2.24, 2.45) is 0 Å². The molecular formula is C44H46NO4+. The summed E-state index contributed by atoms with van der Waals surface area (Å²) in [6.45, 7) is 10.9. The molecule has 5 nitrogen and oxygen atoms in total. The smallest absolute Gasteiger partial charge is 0.171 e. The molecule has 5 heteroatoms. The number of hydrogen-bond acceptors (Lipinski definition) is 4. The Morgan fingerprint density at radius 3 is 1.41 bits per heavy atom. The third-order valence-corrected chi connectivity index (χ3v) is 9.66. The van der Waals surface area contributed by atoms with E-state index in [-0.39, 0.29) is 22.4 Å². The van der Waals surface area contributed by atoms with Gasteiger partial charge in [-0.05, 0) is 63.0 Å². The number of nitrogens with zero attached hydrogens (tertiary/aromatic N) is 1. The Morgan fingerprint density at radius 2 is 1.00 bits per heavy atom. The number of benzene rings is 5. The van der Waals surface area contributed by atoms with E-state index in [0.717, 1.165) is 33.6 Å². The second kappa shape index (κ2) is 13.2. The Hall–Kier alpha value is -4.36. The summed E-state index contributed by atoms with van der Waals surface area (Å²) in [5.74, 6) is -0.789. The van der Waals surface area contributed by atoms with Crippen molar-refractivity contribution >= 4 is 11.4 Å². The molecule has 0 radical (unpaired) electrons. The van der Waals surface area contributed by atoms with Gasteiger partial charge in [0.25, 0.3) is 0 Å². The van der Waals surface area contributed by atoms with Gasteiger partial charge in [-0.2, -0.15) is 4.84 Å². The standard InChI is InChI=1S/C44H46NO4/c1-42(2,3)45(37-27-17-9-18-28-37,38-29-19-10-20-30-38)49-39-31-33(40-41(39)48-43(4,5)47-40)32-46-44(34-21-11-6-12-22-34,35-23-13-7-14-24-35)36-25-15-8-16-26-36/h6-31,39-41H,32H2,1-5H3/q+1/t39-,40+,41-/m0/s1. The first kappa shape index (κ1) is 33.2. The van der Waals surface area contributed by atoms with Gasteiger partial charge in [-0.25, -0.2) is 0 Å². The van der Waals surface area contributed by atoms with Crippen LogP contribution in [0.4, 0.5) is 11.4 Å². The van der Waals surface area contributed by atoms with E-state index in [9.17, 15) is 0 Å². The Balaban J connectivity index is 1.33. The third-order valence-electron chi connectivity index (χ3n) is 9.66. The minimum Gasteiger partial charge on any atom is -0.356 e. The summed E-state index contributed by atoms with van der Waals surface area (Å²) < 4.78 is 20.8. The molecule has 7 rings (SSSR count). The summed E-state index contributed by atoms with van der Waals surface area (Å²) in [7, 11) is 0. The van der Waals surface area contributed by atoms with Crippen molar-refractivity contribution < 1.29 is 19.0 Å². The predicted octanol–water partition coefficient (Wildman–Crippen LogP) is 9.89. The van der Waals surface area contributed by atoms with Gasteiger partial charge in [0.15, 0.2) is 23.3 Å². The Labute approximate surface area is 290 Å². The van der Waals surface area contributed by atoms with Gasteiger partial charge in [0.2, 0.25) is 0 Å². The summed E-state index contributed by atoms with van der Waals surface area (Å²) in [6, 6.07) is 52.4. The van der Waals surface area contributed by atoms with E-state index >= 15 is 0 Å². The van der Waals surface area contributed by atoms with Crippen molar-refractivity contribution in [3.05, 3.63) is 180 Å². The Bertz CT molecular complexity index is 1720. The lowest BCUT2D eigenvalue weighted by Gasteiger charge is -2.46. The fraction of sp³-hybridized carbons (Fsp3) is 0.273. The van der Waals surface area contributed by atoms with Crippen LogP contribution in [0.25, 0.3) is 0 Å². The highest BCUT2D eigenvalue weighted by atomic mass is 16.8. The van der Waals surface area contributed by atoms with Gasteiger partial charge in [-0.15, -0.1) is 4.65 Å². The van der Waals surface area contributed by atoms with E-state index in [4.69, 9.17) is 19.0 Å². The molecule has 1 fully saturated rings. The van der Waals surface area contributed by atoms with Crippen LogP contribution >= 0.6 is 0 Å². The molecule has 0 N–H and O–H groups in total. The molecule has 5 aromatic rings. The number of hydroxylamine groups is 1. The topological polar surface area (TPSA) is 36.9 Å². The van der Waals surface area contributed by atoms with Gasteiger partial charge in [-0.3, -0.25) is 0 Å². The fourth-order valence-electron chi connectivity index (χ4n) is 7.56. The molecule has 1 aliphatic carbocycles. The number of rotatable bonds is 10. The molecule has 5 aromatic carbocycles. The van der Waals surface area contributed by atoms with Crippen LogP contribution in [-0.2, 0) is 24.6 Å². The molecule has 1 aliphatic heterocycles. The van der Waals surface area contributed by atoms with Gasteiger partial charge in [0.1, 0.15) is 23.3 Å². The number of hydrogen-bond donors (Lipinski definition) is 0. The predicted molar refractivity (Wildman–Crippen MR) is 196 cm³/mol. The van der Waals surface area contributed by atoms with E-state index in [2.05, 4.69) is 148 Å². The van der Waals surface area contributed by atoms with Crippen LogP contribution < -0.4 is 4.65 Å². The molecule has 0 spiro atoms. The van der Waals surface area contributed by atoms with E-state index in [1.54, 1.807) is 0 Å². The SMILES string of the molecule is CC1(C)O[C@H]2[C@@H](O[N+](c3ccccc3)(c3ccccc3)C(C)(C)C)C=C(COC(c3ccccc3)(c3ccccc3)c3ccccc3)[C@H]2O1. The van der Waals surface area contributed by atoms with Crippen molar-refractivity contribution in [3.63, 3.8) is 0 Å². The fourth-order valence-corrected chi connectivity index (χ4v) is 7.56. The van der Waals surface area contributed by atoms with E-state index in [1.165, 1.54) is 0 Å². The van der Waals surface area contributed by atoms with Gasteiger partial charge in [0.05, 0.1) is 6.61 Å². The molecule has 0 aromatic heterocycles. The summed E-state index contributed by atoms with van der Waals surface area (Å²) in [4.78, 5) is 7.46. The van der Waals surface area contributed by atoms with Gasteiger partial charge in [0, 0.05) is 24.3 Å². The van der Waals surface area contributed by atoms with Gasteiger partial charge in [-0.1, -0.05) is 127 Å². The van der Waals surface area contributed by atoms with Crippen molar-refractivity contribution in [1.82, 2.24) is 4.65 Å². The number of fused-ring (bicyclic) bond motifs is 1. The van der Waals surface area contributed by atoms with E-state index in [0.29, 0.717) is 6.61 Å². The maximum absolute atomic E-state index is 7.46. The molecular weight excluding hydrogens is 606 g/mol. The summed E-state index contributed by atoms with van der Waals surface area (Å²) in [5.41, 5.74) is 4.97. The maximum atomic E-state index is 7.46. The highest BCUT2D eigenvalue weighted by Crippen LogP contribution is 2.48. The van der Waals surface area contributed by atoms with Crippen molar-refractivity contribution in [1.29, 1.82) is 0 Å².